The summed E-state index contributed by atoms with van der Waals surface area (Å²) in [5.74, 6) is 0.690. The zero-order chi connectivity index (χ0) is 24.3. The van der Waals surface area contributed by atoms with E-state index in [0.717, 1.165) is 32.4 Å². The standard InChI is InChI=1S/C31H36N2O3/c34-30-28(32-20-24-11-13-26(14-12-24)25-9-5-2-6-10-25)27-21-35-31(36-27)29(30)33-17-15-23(16-18-33)19-22-7-3-1-4-8-22/h1-14,23,27-32,34H,15-21H2/t27-,28-,29-,30+,31-/m1/s1. The molecule has 3 saturated heterocycles. The van der Waals surface area contributed by atoms with Gasteiger partial charge in [0, 0.05) is 6.54 Å². The summed E-state index contributed by atoms with van der Waals surface area (Å²) in [5, 5.41) is 15.1. The van der Waals surface area contributed by atoms with E-state index >= 15 is 0 Å². The van der Waals surface area contributed by atoms with Crippen LogP contribution in [0.15, 0.2) is 84.9 Å². The molecule has 2 N–H and O–H groups in total. The Hall–Kier alpha value is -2.54. The number of rotatable bonds is 7. The average molecular weight is 485 g/mol. The Balaban J connectivity index is 1.06. The maximum absolute atomic E-state index is 11.5. The van der Waals surface area contributed by atoms with Crippen molar-refractivity contribution < 1.29 is 14.6 Å². The van der Waals surface area contributed by atoms with Crippen molar-refractivity contribution >= 4 is 0 Å². The second-order valence-electron chi connectivity index (χ2n) is 10.5. The summed E-state index contributed by atoms with van der Waals surface area (Å²) in [6.07, 6.45) is 2.44. The fourth-order valence-electron chi connectivity index (χ4n) is 6.13. The molecule has 5 atom stereocenters. The van der Waals surface area contributed by atoms with Gasteiger partial charge in [-0.15, -0.1) is 0 Å². The second kappa shape index (κ2) is 10.8. The minimum absolute atomic E-state index is 0.111. The van der Waals surface area contributed by atoms with Crippen molar-refractivity contribution in [2.45, 2.75) is 56.4 Å². The first kappa shape index (κ1) is 23.8. The Morgan fingerprint density at radius 2 is 1.47 bits per heavy atom. The van der Waals surface area contributed by atoms with Crippen LogP contribution in [0.1, 0.15) is 24.0 Å². The summed E-state index contributed by atoms with van der Waals surface area (Å²) in [7, 11) is 0. The lowest BCUT2D eigenvalue weighted by Gasteiger charge is -2.46. The van der Waals surface area contributed by atoms with Gasteiger partial charge in [0.2, 0.25) is 0 Å². The molecule has 0 spiro atoms. The van der Waals surface area contributed by atoms with Gasteiger partial charge < -0.3 is 19.9 Å². The number of piperidine rings is 1. The number of fused-ring (bicyclic) bond motifs is 2. The lowest BCUT2D eigenvalue weighted by Crippen LogP contribution is -2.65. The van der Waals surface area contributed by atoms with Gasteiger partial charge in [0.15, 0.2) is 6.29 Å². The third kappa shape index (κ3) is 5.13. The molecule has 6 rings (SSSR count). The number of benzene rings is 3. The van der Waals surface area contributed by atoms with Crippen LogP contribution in [0.2, 0.25) is 0 Å². The van der Waals surface area contributed by atoms with Crippen LogP contribution in [0.5, 0.6) is 0 Å². The highest BCUT2D eigenvalue weighted by atomic mass is 16.7. The van der Waals surface area contributed by atoms with Gasteiger partial charge >= 0.3 is 0 Å². The first-order chi connectivity index (χ1) is 17.7. The van der Waals surface area contributed by atoms with Crippen molar-refractivity contribution in [2.75, 3.05) is 19.7 Å². The first-order valence-corrected chi connectivity index (χ1v) is 13.4. The number of nitrogens with zero attached hydrogens (tertiary/aromatic N) is 1. The van der Waals surface area contributed by atoms with Gasteiger partial charge in [-0.05, 0) is 60.5 Å². The molecule has 36 heavy (non-hydrogen) atoms. The van der Waals surface area contributed by atoms with E-state index in [1.807, 2.05) is 6.07 Å². The van der Waals surface area contributed by atoms with E-state index in [4.69, 9.17) is 9.47 Å². The van der Waals surface area contributed by atoms with Crippen LogP contribution < -0.4 is 5.32 Å². The zero-order valence-corrected chi connectivity index (χ0v) is 20.7. The van der Waals surface area contributed by atoms with Gasteiger partial charge in [0.05, 0.1) is 24.8 Å². The number of aliphatic hydroxyl groups excluding tert-OH is 1. The SMILES string of the molecule is O[C@H]1[C@H](NCc2ccc(-c3ccccc3)cc2)[C@H]2CO[C@H](O2)[C@@H]1N1CCC(Cc2ccccc2)CC1. The summed E-state index contributed by atoms with van der Waals surface area (Å²) >= 11 is 0. The summed E-state index contributed by atoms with van der Waals surface area (Å²) in [4.78, 5) is 2.40. The largest absolute Gasteiger partial charge is 0.390 e. The summed E-state index contributed by atoms with van der Waals surface area (Å²) < 4.78 is 12.3. The van der Waals surface area contributed by atoms with Crippen LogP contribution >= 0.6 is 0 Å². The Labute approximate surface area is 214 Å². The number of hydrogen-bond donors (Lipinski definition) is 2. The fourth-order valence-corrected chi connectivity index (χ4v) is 6.13. The maximum atomic E-state index is 11.5. The van der Waals surface area contributed by atoms with Gasteiger partial charge in [-0.2, -0.15) is 0 Å². The van der Waals surface area contributed by atoms with Gasteiger partial charge in [0.25, 0.3) is 0 Å². The monoisotopic (exact) mass is 484 g/mol. The summed E-state index contributed by atoms with van der Waals surface area (Å²) in [6, 6.07) is 29.6. The highest BCUT2D eigenvalue weighted by Gasteiger charge is 2.52. The van der Waals surface area contributed by atoms with Crippen LogP contribution in [0, 0.1) is 5.92 Å². The molecule has 5 heteroatoms. The molecule has 3 heterocycles. The van der Waals surface area contributed by atoms with Gasteiger partial charge in [-0.3, -0.25) is 4.90 Å². The van der Waals surface area contributed by atoms with E-state index in [9.17, 15) is 5.11 Å². The Kier molecular flexibility index (Phi) is 7.17. The lowest BCUT2D eigenvalue weighted by atomic mass is 9.87. The molecule has 3 fully saturated rings. The first-order valence-electron chi connectivity index (χ1n) is 13.4. The highest BCUT2D eigenvalue weighted by Crippen LogP contribution is 2.34. The lowest BCUT2D eigenvalue weighted by molar-refractivity contribution is -0.186. The molecular formula is C31H36N2O3. The van der Waals surface area contributed by atoms with Crippen LogP contribution in [-0.2, 0) is 22.4 Å². The van der Waals surface area contributed by atoms with Crippen molar-refractivity contribution in [3.63, 3.8) is 0 Å². The molecule has 3 aliphatic heterocycles. The van der Waals surface area contributed by atoms with Gasteiger partial charge in [0.1, 0.15) is 6.10 Å². The number of likely N-dealkylation sites (tertiary alicyclic amines) is 1. The predicted octanol–water partition coefficient (Wildman–Crippen LogP) is 4.25. The topological polar surface area (TPSA) is 54.0 Å². The normalized spacial score (nSPS) is 28.9. The average Bonchev–Trinajstić information content (AvgIpc) is 3.36. The van der Waals surface area contributed by atoms with E-state index in [2.05, 4.69) is 89.1 Å². The van der Waals surface area contributed by atoms with Crippen molar-refractivity contribution in [1.82, 2.24) is 10.2 Å². The Bertz CT molecular complexity index is 1100. The van der Waals surface area contributed by atoms with Crippen molar-refractivity contribution in [3.05, 3.63) is 96.1 Å². The van der Waals surface area contributed by atoms with Crippen LogP contribution in [0.4, 0.5) is 0 Å². The predicted molar refractivity (Wildman–Crippen MR) is 141 cm³/mol. The van der Waals surface area contributed by atoms with Crippen LogP contribution in [-0.4, -0.2) is 60.3 Å². The minimum atomic E-state index is -0.523. The number of nitrogens with one attached hydrogen (secondary N) is 1. The molecule has 188 valence electrons. The number of aliphatic hydroxyl groups is 1. The van der Waals surface area contributed by atoms with E-state index in [1.165, 1.54) is 22.3 Å². The molecule has 0 radical (unpaired) electrons. The van der Waals surface area contributed by atoms with Gasteiger partial charge in [-0.1, -0.05) is 84.9 Å². The second-order valence-corrected chi connectivity index (χ2v) is 10.5. The number of ether oxygens (including phenoxy) is 2. The Morgan fingerprint density at radius 1 is 0.806 bits per heavy atom. The van der Waals surface area contributed by atoms with E-state index in [0.29, 0.717) is 19.1 Å². The van der Waals surface area contributed by atoms with E-state index < -0.39 is 6.10 Å². The molecule has 3 aromatic carbocycles. The molecule has 0 unspecified atom stereocenters. The van der Waals surface area contributed by atoms with Crippen LogP contribution in [0.25, 0.3) is 11.1 Å². The maximum Gasteiger partial charge on any atom is 0.176 e. The molecule has 0 aromatic heterocycles. The molecule has 5 nitrogen and oxygen atoms in total. The Morgan fingerprint density at radius 3 is 2.19 bits per heavy atom. The van der Waals surface area contributed by atoms with Crippen molar-refractivity contribution in [3.8, 4) is 11.1 Å². The van der Waals surface area contributed by atoms with Crippen molar-refractivity contribution in [1.29, 1.82) is 0 Å². The highest BCUT2D eigenvalue weighted by molar-refractivity contribution is 5.63. The molecule has 0 amide bonds. The van der Waals surface area contributed by atoms with Crippen LogP contribution in [0.3, 0.4) is 0 Å². The van der Waals surface area contributed by atoms with E-state index in [1.54, 1.807) is 0 Å². The van der Waals surface area contributed by atoms with Gasteiger partial charge in [-0.25, -0.2) is 0 Å². The van der Waals surface area contributed by atoms with Crippen molar-refractivity contribution in [2.24, 2.45) is 5.92 Å². The third-order valence-corrected chi connectivity index (χ3v) is 8.17. The quantitative estimate of drug-likeness (QED) is 0.525. The summed E-state index contributed by atoms with van der Waals surface area (Å²) in [5.41, 5.74) is 5.04. The zero-order valence-electron chi connectivity index (χ0n) is 20.7. The molecule has 3 aromatic rings. The fraction of sp³-hybridized carbons (Fsp3) is 0.419. The molecule has 0 saturated carbocycles. The smallest absolute Gasteiger partial charge is 0.176 e. The van der Waals surface area contributed by atoms with E-state index in [-0.39, 0.29) is 24.5 Å². The third-order valence-electron chi connectivity index (χ3n) is 8.17. The minimum Gasteiger partial charge on any atom is -0.390 e. The molecule has 3 aliphatic rings. The molecule has 0 aliphatic carbocycles. The summed E-state index contributed by atoms with van der Waals surface area (Å²) in [6.45, 7) is 3.17. The molecule has 2 bridgehead atoms. The number of hydrogen-bond acceptors (Lipinski definition) is 5. The molecular weight excluding hydrogens is 448 g/mol.